The van der Waals surface area contributed by atoms with Gasteiger partial charge >= 0.3 is 5.97 Å². The number of hydrogen-bond acceptors (Lipinski definition) is 5. The quantitative estimate of drug-likeness (QED) is 0.421. The zero-order valence-corrected chi connectivity index (χ0v) is 18.5. The number of halogens is 1. The van der Waals surface area contributed by atoms with Crippen LogP contribution in [0.25, 0.3) is 33.3 Å². The zero-order valence-electron chi connectivity index (χ0n) is 18.5. The van der Waals surface area contributed by atoms with E-state index in [1.807, 2.05) is 55.5 Å². The minimum Gasteiger partial charge on any atom is -0.494 e. The number of pyridine rings is 1. The Morgan fingerprint density at radius 1 is 1.09 bits per heavy atom. The van der Waals surface area contributed by atoms with Crippen LogP contribution in [0, 0.1) is 5.82 Å². The summed E-state index contributed by atoms with van der Waals surface area (Å²) in [6.45, 7) is 2.62. The topological polar surface area (TPSA) is 83.8 Å². The maximum atomic E-state index is 14.1. The van der Waals surface area contributed by atoms with Crippen LogP contribution >= 0.6 is 0 Å². The fraction of sp³-hybridized carbons (Fsp3) is 0.148. The number of benzene rings is 3. The Labute approximate surface area is 195 Å². The first kappa shape index (κ1) is 21.6. The van der Waals surface area contributed by atoms with Crippen molar-refractivity contribution in [2.24, 2.45) is 4.99 Å². The van der Waals surface area contributed by atoms with E-state index in [1.165, 1.54) is 12.1 Å². The fourth-order valence-corrected chi connectivity index (χ4v) is 4.11. The van der Waals surface area contributed by atoms with Gasteiger partial charge in [-0.25, -0.2) is 14.2 Å². The largest absolute Gasteiger partial charge is 0.494 e. The van der Waals surface area contributed by atoms with E-state index in [1.54, 1.807) is 12.3 Å². The summed E-state index contributed by atoms with van der Waals surface area (Å²) >= 11 is 0. The second-order valence-corrected chi connectivity index (χ2v) is 7.98. The van der Waals surface area contributed by atoms with Gasteiger partial charge in [0.1, 0.15) is 17.6 Å². The van der Waals surface area contributed by atoms with E-state index < -0.39 is 17.8 Å². The highest BCUT2D eigenvalue weighted by Gasteiger charge is 2.24. The molecule has 1 aliphatic heterocycles. The third-order valence-corrected chi connectivity index (χ3v) is 5.75. The average Bonchev–Trinajstić information content (AvgIpc) is 3.08. The lowest BCUT2D eigenvalue weighted by Crippen LogP contribution is -2.31. The predicted molar refractivity (Wildman–Crippen MR) is 131 cm³/mol. The van der Waals surface area contributed by atoms with Crippen molar-refractivity contribution in [2.45, 2.75) is 13.0 Å². The first-order valence-corrected chi connectivity index (χ1v) is 11.0. The van der Waals surface area contributed by atoms with Crippen LogP contribution in [0.15, 0.2) is 71.7 Å². The summed E-state index contributed by atoms with van der Waals surface area (Å²) in [5, 5.41) is 13.1. The van der Waals surface area contributed by atoms with Crippen LogP contribution in [0.5, 0.6) is 5.75 Å². The molecule has 1 aromatic heterocycles. The molecule has 1 atom stereocenters. The Kier molecular flexibility index (Phi) is 5.67. The molecule has 170 valence electrons. The van der Waals surface area contributed by atoms with Gasteiger partial charge < -0.3 is 15.2 Å². The summed E-state index contributed by atoms with van der Waals surface area (Å²) in [6.07, 6.45) is 1.62. The number of nitrogens with one attached hydrogen (secondary N) is 1. The van der Waals surface area contributed by atoms with Gasteiger partial charge in [-0.05, 0) is 48.4 Å². The van der Waals surface area contributed by atoms with Crippen LogP contribution < -0.4 is 10.1 Å². The second kappa shape index (κ2) is 8.94. The van der Waals surface area contributed by atoms with E-state index in [4.69, 9.17) is 9.72 Å². The third kappa shape index (κ3) is 4.08. The summed E-state index contributed by atoms with van der Waals surface area (Å²) in [5.41, 5.74) is 5.26. The van der Waals surface area contributed by atoms with Crippen LogP contribution in [0.2, 0.25) is 0 Å². The molecule has 0 radical (unpaired) electrons. The molecule has 6 nitrogen and oxygen atoms in total. The molecule has 0 bridgehead atoms. The van der Waals surface area contributed by atoms with E-state index in [0.717, 1.165) is 22.4 Å². The number of nitrogens with zero attached hydrogens (tertiary/aromatic N) is 2. The standard InChI is InChI=1S/C27H22FN3O3/c1-2-34-20-5-3-4-18(12-20)16-6-8-17(9-7-16)25-22-14-29-15-24(27(32)33)31-26(22)21-13-19(28)10-11-23(21)30-25/h3-14,24,31H,2,15H2,1H3,(H,32,33). The molecule has 1 aliphatic rings. The number of anilines is 1. The van der Waals surface area contributed by atoms with E-state index >= 15 is 0 Å². The maximum Gasteiger partial charge on any atom is 0.328 e. The van der Waals surface area contributed by atoms with Crippen LogP contribution in [0.1, 0.15) is 12.5 Å². The molecule has 1 unspecified atom stereocenters. The Balaban J connectivity index is 1.62. The number of aliphatic imine (C=N–C) groups is 1. The molecule has 4 aromatic rings. The number of rotatable bonds is 5. The van der Waals surface area contributed by atoms with Crippen molar-refractivity contribution < 1.29 is 19.0 Å². The normalized spacial score (nSPS) is 14.8. The fourth-order valence-electron chi connectivity index (χ4n) is 4.11. The molecule has 34 heavy (non-hydrogen) atoms. The number of aliphatic carboxylic acids is 1. The maximum absolute atomic E-state index is 14.1. The van der Waals surface area contributed by atoms with Gasteiger partial charge in [-0.3, -0.25) is 4.99 Å². The van der Waals surface area contributed by atoms with Crippen molar-refractivity contribution in [1.29, 1.82) is 0 Å². The Hall–Kier alpha value is -4.26. The molecule has 0 fully saturated rings. The minimum atomic E-state index is -1.02. The van der Waals surface area contributed by atoms with Gasteiger partial charge in [-0.15, -0.1) is 0 Å². The van der Waals surface area contributed by atoms with Crippen LogP contribution in [-0.2, 0) is 4.79 Å². The van der Waals surface area contributed by atoms with E-state index in [-0.39, 0.29) is 6.54 Å². The van der Waals surface area contributed by atoms with Crippen LogP contribution in [0.3, 0.4) is 0 Å². The molecule has 0 spiro atoms. The number of carbonyl (C=O) groups is 1. The molecule has 5 rings (SSSR count). The summed E-state index contributed by atoms with van der Waals surface area (Å²) in [7, 11) is 0. The SMILES string of the molecule is CCOc1cccc(-c2ccc(-c3nc4ccc(F)cc4c4c3C=NCC(C(=O)O)N4)cc2)c1. The second-order valence-electron chi connectivity index (χ2n) is 7.98. The molecule has 2 heterocycles. The summed E-state index contributed by atoms with van der Waals surface area (Å²) in [6, 6.07) is 19.2. The molecule has 2 N–H and O–H groups in total. The van der Waals surface area contributed by atoms with Gasteiger partial charge in [0.25, 0.3) is 0 Å². The number of ether oxygens (including phenoxy) is 1. The third-order valence-electron chi connectivity index (χ3n) is 5.75. The lowest BCUT2D eigenvalue weighted by molar-refractivity contribution is -0.137. The van der Waals surface area contributed by atoms with Gasteiger partial charge in [0, 0.05) is 22.7 Å². The highest BCUT2D eigenvalue weighted by atomic mass is 19.1. The Morgan fingerprint density at radius 3 is 2.65 bits per heavy atom. The van der Waals surface area contributed by atoms with Crippen LogP contribution in [-0.4, -0.2) is 41.5 Å². The molecule has 0 saturated heterocycles. The van der Waals surface area contributed by atoms with Crippen molar-refractivity contribution in [3.63, 3.8) is 0 Å². The van der Waals surface area contributed by atoms with E-state index in [2.05, 4.69) is 10.3 Å². The van der Waals surface area contributed by atoms with Gasteiger partial charge in [-0.1, -0.05) is 36.4 Å². The summed E-state index contributed by atoms with van der Waals surface area (Å²) in [5.74, 6) is -0.627. The number of hydrogen-bond donors (Lipinski definition) is 2. The molecule has 3 aromatic carbocycles. The average molecular weight is 455 g/mol. The molecule has 0 amide bonds. The monoisotopic (exact) mass is 455 g/mol. The van der Waals surface area contributed by atoms with Crippen molar-refractivity contribution in [3.8, 4) is 28.1 Å². The molecular formula is C27H22FN3O3. The molecular weight excluding hydrogens is 433 g/mol. The zero-order chi connectivity index (χ0) is 23.7. The first-order valence-electron chi connectivity index (χ1n) is 11.0. The van der Waals surface area contributed by atoms with Crippen molar-refractivity contribution in [3.05, 3.63) is 78.1 Å². The first-order chi connectivity index (χ1) is 16.5. The van der Waals surface area contributed by atoms with Crippen LogP contribution in [0.4, 0.5) is 10.1 Å². The van der Waals surface area contributed by atoms with Gasteiger partial charge in [0.15, 0.2) is 0 Å². The lowest BCUT2D eigenvalue weighted by Gasteiger charge is -2.18. The van der Waals surface area contributed by atoms with Crippen molar-refractivity contribution in [2.75, 3.05) is 18.5 Å². The Morgan fingerprint density at radius 2 is 1.88 bits per heavy atom. The van der Waals surface area contributed by atoms with Crippen molar-refractivity contribution >= 4 is 28.8 Å². The summed E-state index contributed by atoms with van der Waals surface area (Å²) < 4.78 is 19.7. The van der Waals surface area contributed by atoms with Gasteiger partial charge in [0.2, 0.25) is 0 Å². The molecule has 7 heteroatoms. The highest BCUT2D eigenvalue weighted by molar-refractivity contribution is 6.07. The minimum absolute atomic E-state index is 0.0649. The van der Waals surface area contributed by atoms with Crippen molar-refractivity contribution in [1.82, 2.24) is 4.98 Å². The highest BCUT2D eigenvalue weighted by Crippen LogP contribution is 2.36. The van der Waals surface area contributed by atoms with E-state index in [0.29, 0.717) is 34.5 Å². The van der Waals surface area contributed by atoms with Gasteiger partial charge in [0.05, 0.1) is 30.0 Å². The molecule has 0 saturated carbocycles. The number of fused-ring (bicyclic) bond motifs is 3. The number of carboxylic acid groups (broad SMARTS) is 1. The number of aromatic nitrogens is 1. The number of carboxylic acids is 1. The predicted octanol–water partition coefficient (Wildman–Crippen LogP) is 5.40. The summed E-state index contributed by atoms with van der Waals surface area (Å²) in [4.78, 5) is 20.8. The van der Waals surface area contributed by atoms with Gasteiger partial charge in [-0.2, -0.15) is 0 Å². The Bertz CT molecular complexity index is 1420. The molecule has 0 aliphatic carbocycles. The van der Waals surface area contributed by atoms with E-state index in [9.17, 15) is 14.3 Å². The smallest absolute Gasteiger partial charge is 0.328 e. The lowest BCUT2D eigenvalue weighted by atomic mass is 9.98.